The van der Waals surface area contributed by atoms with Gasteiger partial charge in [0.25, 0.3) is 0 Å². The molecule has 3 unspecified atom stereocenters. The first kappa shape index (κ1) is 11.3. The van der Waals surface area contributed by atoms with Gasteiger partial charge in [0.2, 0.25) is 0 Å². The van der Waals surface area contributed by atoms with Crippen molar-refractivity contribution in [1.82, 2.24) is 14.8 Å². The highest BCUT2D eigenvalue weighted by Crippen LogP contribution is 2.41. The minimum Gasteiger partial charge on any atom is -0.388 e. The Labute approximate surface area is 103 Å². The van der Waals surface area contributed by atoms with Gasteiger partial charge >= 0.3 is 0 Å². The summed E-state index contributed by atoms with van der Waals surface area (Å²) >= 11 is 0. The van der Waals surface area contributed by atoms with Crippen LogP contribution in [0.5, 0.6) is 0 Å². The minimum absolute atomic E-state index is 0.163. The van der Waals surface area contributed by atoms with Crippen molar-refractivity contribution in [2.75, 3.05) is 0 Å². The predicted octanol–water partition coefficient (Wildman–Crippen LogP) is 0.918. The number of benzene rings is 1. The topological polar surface area (TPSA) is 63.5 Å². The minimum atomic E-state index is -0.651. The molecule has 0 spiro atoms. The molecule has 0 radical (unpaired) electrons. The molecule has 1 fully saturated rings. The summed E-state index contributed by atoms with van der Waals surface area (Å²) < 4.78 is 19.7. The zero-order valence-electron chi connectivity index (χ0n) is 9.48. The van der Waals surface area contributed by atoms with Crippen molar-refractivity contribution in [2.24, 2.45) is 0 Å². The molecule has 18 heavy (non-hydrogen) atoms. The van der Waals surface area contributed by atoms with Gasteiger partial charge in [0.1, 0.15) is 36.8 Å². The molecule has 1 aliphatic rings. The third-order valence-corrected chi connectivity index (χ3v) is 2.94. The van der Waals surface area contributed by atoms with Crippen molar-refractivity contribution in [1.29, 1.82) is 0 Å². The van der Waals surface area contributed by atoms with Gasteiger partial charge in [-0.15, -0.1) is 0 Å². The van der Waals surface area contributed by atoms with Crippen molar-refractivity contribution < 1.29 is 14.2 Å². The first-order valence-corrected chi connectivity index (χ1v) is 5.65. The van der Waals surface area contributed by atoms with Crippen LogP contribution in [0.2, 0.25) is 0 Å². The third kappa shape index (κ3) is 2.25. The van der Waals surface area contributed by atoms with Crippen LogP contribution in [0.1, 0.15) is 11.7 Å². The van der Waals surface area contributed by atoms with Gasteiger partial charge in [-0.3, -0.25) is 4.68 Å². The maximum absolute atomic E-state index is 12.8. The van der Waals surface area contributed by atoms with E-state index >= 15 is 0 Å². The van der Waals surface area contributed by atoms with Crippen LogP contribution in [-0.4, -0.2) is 32.1 Å². The van der Waals surface area contributed by atoms with Crippen molar-refractivity contribution in [3.8, 4) is 0 Å². The molecule has 1 saturated heterocycles. The number of nitrogens with zero attached hydrogens (tertiary/aromatic N) is 3. The number of epoxide rings is 1. The Kier molecular flexibility index (Phi) is 2.81. The normalized spacial score (nSPS) is 23.9. The van der Waals surface area contributed by atoms with Gasteiger partial charge in [-0.05, 0) is 17.7 Å². The number of aromatic nitrogens is 3. The van der Waals surface area contributed by atoms with Crippen LogP contribution in [0.15, 0.2) is 36.9 Å². The molecule has 1 aromatic carbocycles. The second kappa shape index (κ2) is 4.47. The highest BCUT2D eigenvalue weighted by atomic mass is 19.1. The zero-order chi connectivity index (χ0) is 12.5. The van der Waals surface area contributed by atoms with Gasteiger partial charge in [-0.1, -0.05) is 12.1 Å². The molecule has 5 nitrogen and oxygen atoms in total. The molecule has 0 amide bonds. The summed E-state index contributed by atoms with van der Waals surface area (Å²) in [5, 5.41) is 13.9. The maximum Gasteiger partial charge on any atom is 0.137 e. The molecule has 3 atom stereocenters. The number of aliphatic hydroxyl groups excluding tert-OH is 1. The van der Waals surface area contributed by atoms with E-state index in [4.69, 9.17) is 4.74 Å². The summed E-state index contributed by atoms with van der Waals surface area (Å²) in [6, 6.07) is 6.11. The lowest BCUT2D eigenvalue weighted by molar-refractivity contribution is 0.114. The van der Waals surface area contributed by atoms with Crippen molar-refractivity contribution in [2.45, 2.75) is 24.9 Å². The Hall–Kier alpha value is -1.79. The molecule has 2 heterocycles. The van der Waals surface area contributed by atoms with E-state index in [9.17, 15) is 9.50 Å². The molecule has 2 aromatic rings. The maximum atomic E-state index is 12.8. The number of aliphatic hydroxyl groups is 1. The summed E-state index contributed by atoms with van der Waals surface area (Å²) in [5.74, 6) is -0.279. The van der Waals surface area contributed by atoms with Gasteiger partial charge in [0, 0.05) is 0 Å². The lowest BCUT2D eigenvalue weighted by Gasteiger charge is -2.06. The lowest BCUT2D eigenvalue weighted by Crippen LogP contribution is -2.22. The summed E-state index contributed by atoms with van der Waals surface area (Å²) in [6.07, 6.45) is 1.88. The van der Waals surface area contributed by atoms with Crippen LogP contribution in [0.4, 0.5) is 4.39 Å². The fourth-order valence-electron chi connectivity index (χ4n) is 1.96. The smallest absolute Gasteiger partial charge is 0.137 e. The average molecular weight is 249 g/mol. The van der Waals surface area contributed by atoms with Crippen LogP contribution in [0, 0.1) is 5.82 Å². The fourth-order valence-corrected chi connectivity index (χ4v) is 1.96. The van der Waals surface area contributed by atoms with E-state index in [0.717, 1.165) is 5.56 Å². The zero-order valence-corrected chi connectivity index (χ0v) is 9.48. The predicted molar refractivity (Wildman–Crippen MR) is 60.0 cm³/mol. The summed E-state index contributed by atoms with van der Waals surface area (Å²) in [7, 11) is 0. The lowest BCUT2D eigenvalue weighted by atomic mass is 10.1. The molecular weight excluding hydrogens is 237 g/mol. The van der Waals surface area contributed by atoms with Crippen molar-refractivity contribution >= 4 is 0 Å². The molecular formula is C12H12FN3O2. The highest BCUT2D eigenvalue weighted by molar-refractivity contribution is 5.23. The second-order valence-corrected chi connectivity index (χ2v) is 4.26. The third-order valence-electron chi connectivity index (χ3n) is 2.94. The van der Waals surface area contributed by atoms with Crippen molar-refractivity contribution in [3.63, 3.8) is 0 Å². The van der Waals surface area contributed by atoms with Crippen LogP contribution >= 0.6 is 0 Å². The van der Waals surface area contributed by atoms with Gasteiger partial charge in [0.05, 0.1) is 6.54 Å². The SMILES string of the molecule is OC(Cn1cncn1)C1OC1c1ccc(F)cc1. The Balaban J connectivity index is 1.61. The van der Waals surface area contributed by atoms with Crippen LogP contribution in [0.25, 0.3) is 0 Å². The Morgan fingerprint density at radius 3 is 2.83 bits per heavy atom. The van der Waals surface area contributed by atoms with E-state index < -0.39 is 6.10 Å². The first-order chi connectivity index (χ1) is 8.74. The van der Waals surface area contributed by atoms with Gasteiger partial charge in [0.15, 0.2) is 0 Å². The Morgan fingerprint density at radius 2 is 2.17 bits per heavy atom. The molecule has 0 bridgehead atoms. The van der Waals surface area contributed by atoms with Crippen molar-refractivity contribution in [3.05, 3.63) is 48.3 Å². The number of halogens is 1. The Morgan fingerprint density at radius 1 is 1.39 bits per heavy atom. The van der Waals surface area contributed by atoms with E-state index in [2.05, 4.69) is 10.1 Å². The molecule has 0 saturated carbocycles. The number of rotatable bonds is 4. The average Bonchev–Trinajstić information content (AvgIpc) is 3.01. The number of hydrogen-bond donors (Lipinski definition) is 1. The molecule has 3 rings (SSSR count). The summed E-state index contributed by atoms with van der Waals surface area (Å²) in [5.41, 5.74) is 0.874. The van der Waals surface area contributed by atoms with E-state index in [0.29, 0.717) is 6.54 Å². The van der Waals surface area contributed by atoms with E-state index in [-0.39, 0.29) is 18.0 Å². The molecule has 0 aliphatic carbocycles. The monoisotopic (exact) mass is 249 g/mol. The van der Waals surface area contributed by atoms with E-state index in [1.165, 1.54) is 18.5 Å². The van der Waals surface area contributed by atoms with Crippen LogP contribution in [-0.2, 0) is 11.3 Å². The van der Waals surface area contributed by atoms with E-state index in [1.54, 1.807) is 23.1 Å². The Bertz CT molecular complexity index is 515. The highest BCUT2D eigenvalue weighted by Gasteiger charge is 2.45. The first-order valence-electron chi connectivity index (χ1n) is 5.65. The quantitative estimate of drug-likeness (QED) is 0.818. The summed E-state index contributed by atoms with van der Waals surface area (Å²) in [6.45, 7) is 0.336. The van der Waals surface area contributed by atoms with Gasteiger partial charge < -0.3 is 9.84 Å². The van der Waals surface area contributed by atoms with Gasteiger partial charge in [-0.2, -0.15) is 5.10 Å². The second-order valence-electron chi connectivity index (χ2n) is 4.26. The molecule has 6 heteroatoms. The molecule has 1 aromatic heterocycles. The number of hydrogen-bond acceptors (Lipinski definition) is 4. The molecule has 94 valence electrons. The summed E-state index contributed by atoms with van der Waals surface area (Å²) in [4.78, 5) is 3.80. The number of ether oxygens (including phenoxy) is 1. The molecule has 1 N–H and O–H groups in total. The van der Waals surface area contributed by atoms with Crippen LogP contribution in [0.3, 0.4) is 0 Å². The standard InChI is InChI=1S/C12H12FN3O2/c13-9-3-1-8(2-4-9)11-12(18-11)10(17)5-16-7-14-6-15-16/h1-4,6-7,10-12,17H,5H2. The molecule has 1 aliphatic heterocycles. The fraction of sp³-hybridized carbons (Fsp3) is 0.333. The van der Waals surface area contributed by atoms with Crippen LogP contribution < -0.4 is 0 Å². The largest absolute Gasteiger partial charge is 0.388 e. The van der Waals surface area contributed by atoms with Gasteiger partial charge in [-0.25, -0.2) is 9.37 Å². The van der Waals surface area contributed by atoms with E-state index in [1.807, 2.05) is 0 Å².